The van der Waals surface area contributed by atoms with Crippen LogP contribution < -0.4 is 21.1 Å². The molecule has 4 N–H and O–H groups in total. The van der Waals surface area contributed by atoms with Crippen LogP contribution in [0.2, 0.25) is 0 Å². The number of amides is 2. The van der Waals surface area contributed by atoms with Gasteiger partial charge in [0.15, 0.2) is 6.61 Å². The maximum atomic E-state index is 11.4. The molecule has 6 nitrogen and oxygen atoms in total. The van der Waals surface area contributed by atoms with Gasteiger partial charge in [0.1, 0.15) is 5.75 Å². The molecule has 0 atom stereocenters. The Labute approximate surface area is 112 Å². The number of hydrogen-bond donors (Lipinski definition) is 3. The second-order valence-corrected chi connectivity index (χ2v) is 3.97. The lowest BCUT2D eigenvalue weighted by Gasteiger charge is -2.08. The van der Waals surface area contributed by atoms with Crippen molar-refractivity contribution < 1.29 is 14.3 Å². The van der Waals surface area contributed by atoms with Crippen molar-refractivity contribution in [3.63, 3.8) is 0 Å². The number of carbonyl (C=O) groups is 2. The summed E-state index contributed by atoms with van der Waals surface area (Å²) in [6.45, 7) is 2.64. The lowest BCUT2D eigenvalue weighted by Crippen LogP contribution is -2.36. The van der Waals surface area contributed by atoms with Gasteiger partial charge in [0.05, 0.1) is 0 Å². The highest BCUT2D eigenvalue weighted by Gasteiger charge is 2.02. The molecule has 1 aromatic carbocycles. The summed E-state index contributed by atoms with van der Waals surface area (Å²) in [5, 5.41) is 5.21. The highest BCUT2D eigenvalue weighted by molar-refractivity contribution is 5.77. The fourth-order valence-electron chi connectivity index (χ4n) is 1.36. The Kier molecular flexibility index (Phi) is 6.38. The van der Waals surface area contributed by atoms with Gasteiger partial charge in [-0.15, -0.1) is 0 Å². The second kappa shape index (κ2) is 8.10. The molecule has 0 saturated carbocycles. The normalized spacial score (nSPS) is 9.79. The lowest BCUT2D eigenvalue weighted by molar-refractivity contribution is -0.123. The van der Waals surface area contributed by atoms with E-state index >= 15 is 0 Å². The monoisotopic (exact) mass is 265 g/mol. The SMILES string of the molecule is CC(=O)NCCNC(=O)COc1ccc(CN)cc1. The van der Waals surface area contributed by atoms with Crippen molar-refractivity contribution >= 4 is 11.8 Å². The van der Waals surface area contributed by atoms with Gasteiger partial charge in [-0.25, -0.2) is 0 Å². The highest BCUT2D eigenvalue weighted by atomic mass is 16.5. The van der Waals surface area contributed by atoms with Crippen LogP contribution in [0.5, 0.6) is 5.75 Å². The second-order valence-electron chi connectivity index (χ2n) is 3.97. The van der Waals surface area contributed by atoms with Crippen LogP contribution in [0.3, 0.4) is 0 Å². The van der Waals surface area contributed by atoms with Gasteiger partial charge in [-0.1, -0.05) is 12.1 Å². The minimum absolute atomic E-state index is 0.0535. The third-order valence-corrected chi connectivity index (χ3v) is 2.35. The van der Waals surface area contributed by atoms with Gasteiger partial charge in [0.2, 0.25) is 5.91 Å². The molecule has 0 bridgehead atoms. The van der Waals surface area contributed by atoms with Gasteiger partial charge >= 0.3 is 0 Å². The molecule has 0 aliphatic carbocycles. The van der Waals surface area contributed by atoms with Crippen molar-refractivity contribution in [3.8, 4) is 5.75 Å². The number of nitrogens with two attached hydrogens (primary N) is 1. The molecule has 19 heavy (non-hydrogen) atoms. The molecule has 0 aromatic heterocycles. The molecular formula is C13H19N3O3. The van der Waals surface area contributed by atoms with Crippen molar-refractivity contribution in [3.05, 3.63) is 29.8 Å². The van der Waals surface area contributed by atoms with Crippen LogP contribution in [0.25, 0.3) is 0 Å². The predicted molar refractivity (Wildman–Crippen MR) is 71.5 cm³/mol. The van der Waals surface area contributed by atoms with Gasteiger partial charge in [0, 0.05) is 26.6 Å². The Bertz CT molecular complexity index is 418. The van der Waals surface area contributed by atoms with E-state index in [-0.39, 0.29) is 18.4 Å². The van der Waals surface area contributed by atoms with Gasteiger partial charge in [-0.3, -0.25) is 9.59 Å². The fourth-order valence-corrected chi connectivity index (χ4v) is 1.36. The molecule has 0 aliphatic rings. The fraction of sp³-hybridized carbons (Fsp3) is 0.385. The van der Waals surface area contributed by atoms with E-state index in [0.29, 0.717) is 25.4 Å². The Morgan fingerprint density at radius 2 is 1.79 bits per heavy atom. The summed E-state index contributed by atoms with van der Waals surface area (Å²) >= 11 is 0. The smallest absolute Gasteiger partial charge is 0.258 e. The molecule has 0 fully saturated rings. The van der Waals surface area contributed by atoms with E-state index in [1.54, 1.807) is 12.1 Å². The average molecular weight is 265 g/mol. The summed E-state index contributed by atoms with van der Waals surface area (Å²) in [6, 6.07) is 7.24. The average Bonchev–Trinajstić information content (AvgIpc) is 2.41. The van der Waals surface area contributed by atoms with E-state index in [1.165, 1.54) is 6.92 Å². The third-order valence-electron chi connectivity index (χ3n) is 2.35. The van der Waals surface area contributed by atoms with E-state index < -0.39 is 0 Å². The van der Waals surface area contributed by atoms with Gasteiger partial charge in [-0.2, -0.15) is 0 Å². The zero-order valence-electron chi connectivity index (χ0n) is 10.9. The topological polar surface area (TPSA) is 93.5 Å². The zero-order valence-corrected chi connectivity index (χ0v) is 10.9. The van der Waals surface area contributed by atoms with Crippen molar-refractivity contribution in [1.82, 2.24) is 10.6 Å². The molecule has 0 radical (unpaired) electrons. The number of carbonyl (C=O) groups excluding carboxylic acids is 2. The minimum atomic E-state index is -0.228. The van der Waals surface area contributed by atoms with E-state index in [2.05, 4.69) is 10.6 Å². The Morgan fingerprint density at radius 1 is 1.16 bits per heavy atom. The quantitative estimate of drug-likeness (QED) is 0.594. The minimum Gasteiger partial charge on any atom is -0.484 e. The third kappa shape index (κ3) is 6.42. The molecule has 1 rings (SSSR count). The maximum Gasteiger partial charge on any atom is 0.258 e. The van der Waals surface area contributed by atoms with Crippen molar-refractivity contribution in [1.29, 1.82) is 0 Å². The van der Waals surface area contributed by atoms with Crippen LogP contribution in [0, 0.1) is 0 Å². The Balaban J connectivity index is 2.20. The Hall–Kier alpha value is -2.08. The highest BCUT2D eigenvalue weighted by Crippen LogP contribution is 2.11. The molecule has 6 heteroatoms. The first-order valence-corrected chi connectivity index (χ1v) is 6.04. The molecule has 1 aromatic rings. The lowest BCUT2D eigenvalue weighted by atomic mass is 10.2. The van der Waals surface area contributed by atoms with Gasteiger partial charge in [-0.05, 0) is 17.7 Å². The number of hydrogen-bond acceptors (Lipinski definition) is 4. The summed E-state index contributed by atoms with van der Waals surface area (Å²) in [7, 11) is 0. The first-order valence-electron chi connectivity index (χ1n) is 6.04. The van der Waals surface area contributed by atoms with Crippen molar-refractivity contribution in [2.75, 3.05) is 19.7 Å². The summed E-state index contributed by atoms with van der Waals surface area (Å²) in [5.74, 6) is 0.271. The molecule has 0 heterocycles. The van der Waals surface area contributed by atoms with E-state index in [1.807, 2.05) is 12.1 Å². The van der Waals surface area contributed by atoms with Crippen LogP contribution in [0.15, 0.2) is 24.3 Å². The van der Waals surface area contributed by atoms with Crippen molar-refractivity contribution in [2.45, 2.75) is 13.5 Å². The van der Waals surface area contributed by atoms with E-state index in [0.717, 1.165) is 5.56 Å². The standard InChI is InChI=1S/C13H19N3O3/c1-10(17)15-6-7-16-13(18)9-19-12-4-2-11(8-14)3-5-12/h2-5H,6-9,14H2,1H3,(H,15,17)(H,16,18). The van der Waals surface area contributed by atoms with Crippen LogP contribution in [-0.4, -0.2) is 31.5 Å². The van der Waals surface area contributed by atoms with Crippen molar-refractivity contribution in [2.24, 2.45) is 5.73 Å². The largest absolute Gasteiger partial charge is 0.484 e. The van der Waals surface area contributed by atoms with E-state index in [9.17, 15) is 9.59 Å². The molecule has 104 valence electrons. The summed E-state index contributed by atoms with van der Waals surface area (Å²) in [6.07, 6.45) is 0. The van der Waals surface area contributed by atoms with Crippen LogP contribution in [0.1, 0.15) is 12.5 Å². The first kappa shape index (κ1) is 15.0. The molecule has 0 unspecified atom stereocenters. The van der Waals surface area contributed by atoms with Crippen LogP contribution in [-0.2, 0) is 16.1 Å². The Morgan fingerprint density at radius 3 is 2.37 bits per heavy atom. The first-order chi connectivity index (χ1) is 9.11. The number of rotatable bonds is 7. The van der Waals surface area contributed by atoms with E-state index in [4.69, 9.17) is 10.5 Å². The maximum absolute atomic E-state index is 11.4. The summed E-state index contributed by atoms with van der Waals surface area (Å²) in [4.78, 5) is 22.0. The molecule has 0 aliphatic heterocycles. The number of ether oxygens (including phenoxy) is 1. The molecular weight excluding hydrogens is 246 g/mol. The summed E-state index contributed by atoms with van der Waals surface area (Å²) in [5.41, 5.74) is 6.48. The number of nitrogens with one attached hydrogen (secondary N) is 2. The van der Waals surface area contributed by atoms with Crippen LogP contribution in [0.4, 0.5) is 0 Å². The summed E-state index contributed by atoms with van der Waals surface area (Å²) < 4.78 is 5.31. The van der Waals surface area contributed by atoms with Gasteiger partial charge in [0.25, 0.3) is 5.91 Å². The molecule has 2 amide bonds. The molecule has 0 saturated heterocycles. The number of benzene rings is 1. The molecule has 0 spiro atoms. The predicted octanol–water partition coefficient (Wildman–Crippen LogP) is -0.224. The zero-order chi connectivity index (χ0) is 14.1. The van der Waals surface area contributed by atoms with Gasteiger partial charge < -0.3 is 21.1 Å². The van der Waals surface area contributed by atoms with Crippen LogP contribution >= 0.6 is 0 Å².